The second-order valence-corrected chi connectivity index (χ2v) is 7.00. The lowest BCUT2D eigenvalue weighted by atomic mass is 10.1. The maximum Gasteiger partial charge on any atom is 0.274 e. The van der Waals surface area contributed by atoms with Crippen LogP contribution in [0.25, 0.3) is 0 Å². The van der Waals surface area contributed by atoms with Gasteiger partial charge in [-0.15, -0.1) is 0 Å². The van der Waals surface area contributed by atoms with Crippen molar-refractivity contribution in [2.75, 3.05) is 11.9 Å². The van der Waals surface area contributed by atoms with Gasteiger partial charge in [-0.05, 0) is 62.1 Å². The van der Waals surface area contributed by atoms with Crippen LogP contribution in [0, 0.1) is 13.8 Å². The number of amides is 1. The molecular weight excluding hydrogens is 367 g/mol. The molecule has 6 heteroatoms. The molecule has 1 aromatic carbocycles. The predicted octanol–water partition coefficient (Wildman–Crippen LogP) is 4.62. The van der Waals surface area contributed by atoms with E-state index in [1.807, 2.05) is 18.2 Å². The van der Waals surface area contributed by atoms with Crippen LogP contribution in [0.4, 0.5) is 10.1 Å². The second-order valence-electron chi connectivity index (χ2n) is 7.00. The molecule has 1 aliphatic carbocycles. The monoisotopic (exact) mass is 392 g/mol. The molecule has 150 valence electrons. The Morgan fingerprint density at radius 1 is 1.31 bits per heavy atom. The average Bonchev–Trinajstić information content (AvgIpc) is 2.90. The summed E-state index contributed by atoms with van der Waals surface area (Å²) in [5.74, 6) is -0.196. The van der Waals surface area contributed by atoms with Crippen LogP contribution in [0.1, 0.15) is 24.5 Å². The number of hydrogen-bond donors (Lipinski definition) is 2. The number of carbonyl (C=O) groups is 1. The summed E-state index contributed by atoms with van der Waals surface area (Å²) in [7, 11) is 0. The Hall–Kier alpha value is -3.41. The van der Waals surface area contributed by atoms with Gasteiger partial charge >= 0.3 is 0 Å². The molecule has 1 amide bonds. The SMILES string of the molecule is C=C1NC(CNc2cccc(C)c2C)=CC(=O)N1/N=C(\C)C1=CCC=C(F)C=C1. The Kier molecular flexibility index (Phi) is 6.12. The minimum absolute atomic E-state index is 0.284. The molecule has 0 saturated carbocycles. The third-order valence-electron chi connectivity index (χ3n) is 4.88. The molecule has 0 fully saturated rings. The lowest BCUT2D eigenvalue weighted by Gasteiger charge is -2.26. The van der Waals surface area contributed by atoms with Crippen molar-refractivity contribution < 1.29 is 9.18 Å². The molecule has 0 unspecified atom stereocenters. The molecule has 29 heavy (non-hydrogen) atoms. The molecule has 0 saturated heterocycles. The van der Waals surface area contributed by atoms with Crippen LogP contribution in [0.5, 0.6) is 0 Å². The number of nitrogens with zero attached hydrogens (tertiary/aromatic N) is 2. The van der Waals surface area contributed by atoms with Crippen molar-refractivity contribution in [3.05, 3.63) is 89.2 Å². The van der Waals surface area contributed by atoms with Gasteiger partial charge < -0.3 is 10.6 Å². The quantitative estimate of drug-likeness (QED) is 0.719. The van der Waals surface area contributed by atoms with E-state index in [1.54, 1.807) is 13.0 Å². The number of halogens is 1. The Bertz CT molecular complexity index is 998. The van der Waals surface area contributed by atoms with Crippen LogP contribution in [0.15, 0.2) is 83.2 Å². The standard InChI is InChI=1S/C23H25FN4O/c1-15-7-5-10-22(16(15)2)25-14-21-13-23(29)28(18(4)26-21)27-17(3)19-8-6-9-20(24)12-11-19/h5,7-13,25-26H,4,6,14H2,1-3H3/b27-17+. The first-order valence-electron chi connectivity index (χ1n) is 9.45. The normalized spacial score (nSPS) is 17.3. The van der Waals surface area contributed by atoms with Crippen molar-refractivity contribution in [2.45, 2.75) is 27.2 Å². The summed E-state index contributed by atoms with van der Waals surface area (Å²) in [6, 6.07) is 6.06. The zero-order chi connectivity index (χ0) is 21.0. The van der Waals surface area contributed by atoms with Gasteiger partial charge in [-0.2, -0.15) is 10.1 Å². The van der Waals surface area contributed by atoms with Gasteiger partial charge in [0.25, 0.3) is 5.91 Å². The molecule has 0 atom stereocenters. The Labute approximate surface area is 170 Å². The zero-order valence-corrected chi connectivity index (χ0v) is 16.9. The van der Waals surface area contributed by atoms with Crippen LogP contribution < -0.4 is 10.6 Å². The number of allylic oxidation sites excluding steroid dienone is 6. The summed E-state index contributed by atoms with van der Waals surface area (Å²) in [6.45, 7) is 10.3. The Morgan fingerprint density at radius 2 is 2.10 bits per heavy atom. The Morgan fingerprint density at radius 3 is 2.86 bits per heavy atom. The maximum absolute atomic E-state index is 13.3. The van der Waals surface area contributed by atoms with Gasteiger partial charge in [0.05, 0.1) is 12.3 Å². The van der Waals surface area contributed by atoms with Crippen molar-refractivity contribution in [3.8, 4) is 0 Å². The highest BCUT2D eigenvalue weighted by Gasteiger charge is 2.22. The summed E-state index contributed by atoms with van der Waals surface area (Å²) < 4.78 is 13.3. The van der Waals surface area contributed by atoms with Gasteiger partial charge in [0.1, 0.15) is 11.6 Å². The van der Waals surface area contributed by atoms with Crippen LogP contribution >= 0.6 is 0 Å². The number of rotatable bonds is 5. The van der Waals surface area contributed by atoms with Gasteiger partial charge in [-0.3, -0.25) is 4.79 Å². The van der Waals surface area contributed by atoms with E-state index in [0.29, 0.717) is 30.2 Å². The molecule has 0 radical (unpaired) electrons. The number of anilines is 1. The van der Waals surface area contributed by atoms with Crippen molar-refractivity contribution in [3.63, 3.8) is 0 Å². The number of benzene rings is 1. The lowest BCUT2D eigenvalue weighted by Crippen LogP contribution is -2.38. The highest BCUT2D eigenvalue weighted by molar-refractivity contribution is 6.02. The molecule has 3 rings (SSSR count). The third-order valence-corrected chi connectivity index (χ3v) is 4.88. The number of hydrazone groups is 1. The smallest absolute Gasteiger partial charge is 0.274 e. The van der Waals surface area contributed by atoms with Crippen LogP contribution in [0.3, 0.4) is 0 Å². The zero-order valence-electron chi connectivity index (χ0n) is 16.9. The predicted molar refractivity (Wildman–Crippen MR) is 116 cm³/mol. The molecule has 2 aliphatic rings. The largest absolute Gasteiger partial charge is 0.379 e. The first kappa shape index (κ1) is 20.3. The minimum atomic E-state index is -0.284. The molecule has 1 heterocycles. The summed E-state index contributed by atoms with van der Waals surface area (Å²) in [5, 5.41) is 12.1. The Balaban J connectivity index is 1.70. The number of nitrogens with one attached hydrogen (secondary N) is 2. The average molecular weight is 392 g/mol. The lowest BCUT2D eigenvalue weighted by molar-refractivity contribution is -0.125. The highest BCUT2D eigenvalue weighted by atomic mass is 19.1. The van der Waals surface area contributed by atoms with Gasteiger partial charge in [0.2, 0.25) is 0 Å². The van der Waals surface area contributed by atoms with Crippen LogP contribution in [-0.4, -0.2) is 23.2 Å². The van der Waals surface area contributed by atoms with Crippen molar-refractivity contribution in [2.24, 2.45) is 5.10 Å². The molecule has 0 bridgehead atoms. The van der Waals surface area contributed by atoms with Gasteiger partial charge in [-0.1, -0.05) is 30.9 Å². The van der Waals surface area contributed by atoms with Gasteiger partial charge in [0.15, 0.2) is 0 Å². The van der Waals surface area contributed by atoms with E-state index in [4.69, 9.17) is 0 Å². The first-order valence-corrected chi connectivity index (χ1v) is 9.45. The molecule has 1 aromatic rings. The molecule has 1 aliphatic heterocycles. The third kappa shape index (κ3) is 4.90. The number of hydrogen-bond acceptors (Lipinski definition) is 4. The number of aryl methyl sites for hydroxylation is 1. The molecule has 5 nitrogen and oxygen atoms in total. The van der Waals surface area contributed by atoms with Gasteiger partial charge in [-0.25, -0.2) is 4.39 Å². The van der Waals surface area contributed by atoms with Crippen molar-refractivity contribution in [1.29, 1.82) is 0 Å². The topological polar surface area (TPSA) is 56.7 Å². The summed E-state index contributed by atoms with van der Waals surface area (Å²) in [6.07, 6.45) is 8.37. The van der Waals surface area contributed by atoms with Crippen molar-refractivity contribution >= 4 is 17.3 Å². The minimum Gasteiger partial charge on any atom is -0.379 e. The molecule has 0 aromatic heterocycles. The van der Waals surface area contributed by atoms with E-state index >= 15 is 0 Å². The summed E-state index contributed by atoms with van der Waals surface area (Å²) in [4.78, 5) is 12.6. The summed E-state index contributed by atoms with van der Waals surface area (Å²) >= 11 is 0. The molecular formula is C23H25FN4O. The second kappa shape index (κ2) is 8.73. The van der Waals surface area contributed by atoms with Crippen LogP contribution in [0.2, 0.25) is 0 Å². The van der Waals surface area contributed by atoms with E-state index in [0.717, 1.165) is 11.3 Å². The maximum atomic E-state index is 13.3. The van der Waals surface area contributed by atoms with Crippen molar-refractivity contribution in [1.82, 2.24) is 10.3 Å². The first-order chi connectivity index (χ1) is 13.8. The van der Waals surface area contributed by atoms with E-state index < -0.39 is 0 Å². The van der Waals surface area contributed by atoms with Gasteiger partial charge in [0, 0.05) is 17.5 Å². The summed E-state index contributed by atoms with van der Waals surface area (Å²) in [5.41, 5.74) is 5.48. The van der Waals surface area contributed by atoms with E-state index in [1.165, 1.54) is 34.4 Å². The van der Waals surface area contributed by atoms with E-state index in [2.05, 4.69) is 42.2 Å². The molecule has 0 spiro atoms. The highest BCUT2D eigenvalue weighted by Crippen LogP contribution is 2.20. The van der Waals surface area contributed by atoms with E-state index in [9.17, 15) is 9.18 Å². The fourth-order valence-electron chi connectivity index (χ4n) is 3.04. The van der Waals surface area contributed by atoms with Crippen LogP contribution in [-0.2, 0) is 4.79 Å². The van der Waals surface area contributed by atoms with E-state index in [-0.39, 0.29) is 11.7 Å². The fraction of sp³-hybridized carbons (Fsp3) is 0.217. The molecule has 2 N–H and O–H groups in total. The number of carbonyl (C=O) groups excluding carboxylic acids is 1. The fourth-order valence-corrected chi connectivity index (χ4v) is 3.04.